The van der Waals surface area contributed by atoms with Gasteiger partial charge in [-0.05, 0) is 44.7 Å². The molecule has 0 atom stereocenters. The average molecular weight is 154 g/mol. The van der Waals surface area contributed by atoms with Crippen molar-refractivity contribution in [2.75, 3.05) is 20.1 Å². The topological polar surface area (TPSA) is 29.3 Å². The van der Waals surface area contributed by atoms with Gasteiger partial charge in [0.2, 0.25) is 0 Å². The second-order valence-corrected chi connectivity index (χ2v) is 4.35. The Morgan fingerprint density at radius 1 is 1.45 bits per heavy atom. The molecule has 2 aliphatic carbocycles. The lowest BCUT2D eigenvalue weighted by atomic mass is 10.1. The highest BCUT2D eigenvalue weighted by Crippen LogP contribution is 2.46. The molecule has 0 aromatic heterocycles. The van der Waals surface area contributed by atoms with Gasteiger partial charge in [-0.3, -0.25) is 0 Å². The second-order valence-electron chi connectivity index (χ2n) is 4.35. The molecule has 64 valence electrons. The third-order valence-corrected chi connectivity index (χ3v) is 3.15. The number of nitrogens with two attached hydrogens (primary N) is 1. The number of rotatable bonds is 4. The first-order chi connectivity index (χ1) is 5.26. The third kappa shape index (κ3) is 1.57. The first-order valence-corrected chi connectivity index (χ1v) is 4.66. The van der Waals surface area contributed by atoms with Crippen molar-refractivity contribution in [2.45, 2.75) is 31.7 Å². The van der Waals surface area contributed by atoms with E-state index in [4.69, 9.17) is 5.73 Å². The van der Waals surface area contributed by atoms with Gasteiger partial charge in [-0.2, -0.15) is 0 Å². The van der Waals surface area contributed by atoms with Crippen molar-refractivity contribution in [3.63, 3.8) is 0 Å². The van der Waals surface area contributed by atoms with Crippen molar-refractivity contribution in [1.29, 1.82) is 0 Å². The Morgan fingerprint density at radius 3 is 2.45 bits per heavy atom. The third-order valence-electron chi connectivity index (χ3n) is 3.15. The van der Waals surface area contributed by atoms with Crippen molar-refractivity contribution in [2.24, 2.45) is 11.1 Å². The van der Waals surface area contributed by atoms with Crippen LogP contribution in [0, 0.1) is 5.41 Å². The lowest BCUT2D eigenvalue weighted by Crippen LogP contribution is -2.32. The molecule has 0 aromatic rings. The molecule has 2 N–H and O–H groups in total. The minimum Gasteiger partial charge on any atom is -0.330 e. The van der Waals surface area contributed by atoms with E-state index in [1.807, 2.05) is 0 Å². The Labute approximate surface area is 68.7 Å². The molecule has 2 saturated carbocycles. The van der Waals surface area contributed by atoms with Crippen molar-refractivity contribution < 1.29 is 0 Å². The van der Waals surface area contributed by atoms with Crippen molar-refractivity contribution in [3.8, 4) is 0 Å². The van der Waals surface area contributed by atoms with E-state index in [0.717, 1.165) is 12.6 Å². The summed E-state index contributed by atoms with van der Waals surface area (Å²) in [6, 6.07) is 0.902. The van der Waals surface area contributed by atoms with Crippen LogP contribution in [0.15, 0.2) is 0 Å². The van der Waals surface area contributed by atoms with Crippen molar-refractivity contribution >= 4 is 0 Å². The van der Waals surface area contributed by atoms with Crippen LogP contribution in [0.3, 0.4) is 0 Å². The molecule has 0 heterocycles. The highest BCUT2D eigenvalue weighted by molar-refractivity contribution is 4.98. The number of nitrogens with zero attached hydrogens (tertiary/aromatic N) is 1. The minimum absolute atomic E-state index is 0.539. The number of hydrogen-bond acceptors (Lipinski definition) is 2. The monoisotopic (exact) mass is 154 g/mol. The second kappa shape index (κ2) is 2.46. The van der Waals surface area contributed by atoms with Crippen molar-refractivity contribution in [1.82, 2.24) is 4.90 Å². The van der Waals surface area contributed by atoms with Crippen LogP contribution in [0.1, 0.15) is 25.7 Å². The Kier molecular flexibility index (Phi) is 1.69. The van der Waals surface area contributed by atoms with E-state index >= 15 is 0 Å². The molecule has 0 spiro atoms. The van der Waals surface area contributed by atoms with Crippen LogP contribution in [0.2, 0.25) is 0 Å². The normalized spacial score (nSPS) is 27.5. The Morgan fingerprint density at radius 2 is 2.09 bits per heavy atom. The molecule has 2 nitrogen and oxygen atoms in total. The molecule has 0 bridgehead atoms. The van der Waals surface area contributed by atoms with E-state index in [1.54, 1.807) is 0 Å². The maximum absolute atomic E-state index is 5.71. The maximum atomic E-state index is 5.71. The minimum atomic E-state index is 0.539. The molecule has 0 amide bonds. The van der Waals surface area contributed by atoms with Gasteiger partial charge in [0.25, 0.3) is 0 Å². The Balaban J connectivity index is 1.79. The standard InChI is InChI=1S/C9H18N2/c1-11(8-2-3-8)7-9(6-10)4-5-9/h8H,2-7,10H2,1H3. The van der Waals surface area contributed by atoms with Crippen LogP contribution >= 0.6 is 0 Å². The molecule has 0 unspecified atom stereocenters. The number of hydrogen-bond donors (Lipinski definition) is 1. The Bertz CT molecular complexity index is 148. The molecule has 0 aromatic carbocycles. The summed E-state index contributed by atoms with van der Waals surface area (Å²) in [4.78, 5) is 2.50. The highest BCUT2D eigenvalue weighted by atomic mass is 15.2. The van der Waals surface area contributed by atoms with E-state index in [0.29, 0.717) is 5.41 Å². The smallest absolute Gasteiger partial charge is 0.00936 e. The van der Waals surface area contributed by atoms with Gasteiger partial charge in [-0.1, -0.05) is 0 Å². The molecule has 0 aliphatic heterocycles. The Hall–Kier alpha value is -0.0800. The predicted molar refractivity (Wildman–Crippen MR) is 46.4 cm³/mol. The summed E-state index contributed by atoms with van der Waals surface area (Å²) in [6.45, 7) is 2.14. The zero-order chi connectivity index (χ0) is 7.90. The molecular formula is C9H18N2. The fourth-order valence-corrected chi connectivity index (χ4v) is 1.78. The first kappa shape index (κ1) is 7.56. The molecule has 2 fully saturated rings. The van der Waals surface area contributed by atoms with Gasteiger partial charge in [-0.15, -0.1) is 0 Å². The maximum Gasteiger partial charge on any atom is 0.00936 e. The van der Waals surface area contributed by atoms with Gasteiger partial charge in [0.15, 0.2) is 0 Å². The zero-order valence-corrected chi connectivity index (χ0v) is 7.34. The molecule has 0 radical (unpaired) electrons. The van der Waals surface area contributed by atoms with E-state index in [2.05, 4.69) is 11.9 Å². The van der Waals surface area contributed by atoms with Gasteiger partial charge in [0.1, 0.15) is 0 Å². The van der Waals surface area contributed by atoms with E-state index < -0.39 is 0 Å². The van der Waals surface area contributed by atoms with E-state index in [9.17, 15) is 0 Å². The molecule has 2 heteroatoms. The highest BCUT2D eigenvalue weighted by Gasteiger charge is 2.43. The molecule has 0 saturated heterocycles. The summed E-state index contributed by atoms with van der Waals surface area (Å²) in [5.74, 6) is 0. The van der Waals surface area contributed by atoms with E-state index in [1.165, 1.54) is 32.2 Å². The molecule has 2 aliphatic rings. The summed E-state index contributed by atoms with van der Waals surface area (Å²) in [7, 11) is 2.24. The first-order valence-electron chi connectivity index (χ1n) is 4.66. The fourth-order valence-electron chi connectivity index (χ4n) is 1.78. The SMILES string of the molecule is CN(CC1(CN)CC1)C1CC1. The van der Waals surface area contributed by atoms with Gasteiger partial charge < -0.3 is 10.6 Å². The summed E-state index contributed by atoms with van der Waals surface area (Å²) in [5.41, 5.74) is 6.25. The molecule has 11 heavy (non-hydrogen) atoms. The van der Waals surface area contributed by atoms with E-state index in [-0.39, 0.29) is 0 Å². The summed E-state index contributed by atoms with van der Waals surface area (Å²) in [6.07, 6.45) is 5.55. The van der Waals surface area contributed by atoms with Crippen LogP contribution in [0.25, 0.3) is 0 Å². The largest absolute Gasteiger partial charge is 0.330 e. The predicted octanol–water partition coefficient (Wildman–Crippen LogP) is 0.819. The van der Waals surface area contributed by atoms with Gasteiger partial charge >= 0.3 is 0 Å². The van der Waals surface area contributed by atoms with Gasteiger partial charge in [0, 0.05) is 12.6 Å². The van der Waals surface area contributed by atoms with Crippen LogP contribution in [-0.4, -0.2) is 31.1 Å². The van der Waals surface area contributed by atoms with Crippen molar-refractivity contribution in [3.05, 3.63) is 0 Å². The lowest BCUT2D eigenvalue weighted by molar-refractivity contribution is 0.258. The van der Waals surface area contributed by atoms with Crippen LogP contribution in [0.5, 0.6) is 0 Å². The van der Waals surface area contributed by atoms with Crippen LogP contribution in [-0.2, 0) is 0 Å². The van der Waals surface area contributed by atoms with Crippen LogP contribution in [0.4, 0.5) is 0 Å². The summed E-state index contributed by atoms with van der Waals surface area (Å²) < 4.78 is 0. The average Bonchev–Trinajstić information content (AvgIpc) is 2.85. The quantitative estimate of drug-likeness (QED) is 0.649. The fraction of sp³-hybridized carbons (Fsp3) is 1.00. The van der Waals surface area contributed by atoms with Gasteiger partial charge in [0.05, 0.1) is 0 Å². The summed E-state index contributed by atoms with van der Waals surface area (Å²) >= 11 is 0. The molecule has 2 rings (SSSR count). The van der Waals surface area contributed by atoms with Gasteiger partial charge in [-0.25, -0.2) is 0 Å². The zero-order valence-electron chi connectivity index (χ0n) is 7.34. The summed E-state index contributed by atoms with van der Waals surface area (Å²) in [5, 5.41) is 0. The van der Waals surface area contributed by atoms with Crippen LogP contribution < -0.4 is 5.73 Å². The lowest BCUT2D eigenvalue weighted by Gasteiger charge is -2.21. The molecular weight excluding hydrogens is 136 g/mol.